The minimum atomic E-state index is -0.322. The molecule has 0 bridgehead atoms. The van der Waals surface area contributed by atoms with Crippen LogP contribution in [0.25, 0.3) is 5.65 Å². The van der Waals surface area contributed by atoms with Crippen molar-refractivity contribution in [1.82, 2.24) is 24.8 Å². The molecule has 0 unspecified atom stereocenters. The van der Waals surface area contributed by atoms with Gasteiger partial charge in [-0.2, -0.15) is 0 Å². The van der Waals surface area contributed by atoms with Gasteiger partial charge in [-0.3, -0.25) is 14.1 Å². The van der Waals surface area contributed by atoms with Crippen molar-refractivity contribution in [1.29, 1.82) is 0 Å². The van der Waals surface area contributed by atoms with Gasteiger partial charge in [-0.25, -0.2) is 4.79 Å². The number of hydrogen-bond acceptors (Lipinski definition) is 5. The number of rotatable bonds is 3. The number of amides is 3. The summed E-state index contributed by atoms with van der Waals surface area (Å²) in [5.74, 6) is -0.0454. The van der Waals surface area contributed by atoms with Gasteiger partial charge in [0.2, 0.25) is 5.91 Å². The molecule has 1 saturated heterocycles. The molecule has 19 heavy (non-hydrogen) atoms. The molecule has 1 aliphatic heterocycles. The first-order chi connectivity index (χ1) is 9.25. The van der Waals surface area contributed by atoms with Crippen LogP contribution in [0.4, 0.5) is 4.79 Å². The third-order valence-electron chi connectivity index (χ3n) is 2.77. The Bertz CT molecular complexity index is 641. The van der Waals surface area contributed by atoms with Crippen LogP contribution in [0.15, 0.2) is 29.6 Å². The number of nitrogens with one attached hydrogen (secondary N) is 1. The second-order valence-corrected chi connectivity index (χ2v) is 4.92. The molecule has 0 aromatic carbocycles. The maximum atomic E-state index is 11.9. The number of imide groups is 1. The van der Waals surface area contributed by atoms with Crippen LogP contribution in [-0.2, 0) is 4.79 Å². The molecule has 0 aliphatic carbocycles. The van der Waals surface area contributed by atoms with Gasteiger partial charge in [0, 0.05) is 19.3 Å². The van der Waals surface area contributed by atoms with Crippen LogP contribution >= 0.6 is 11.8 Å². The quantitative estimate of drug-likeness (QED) is 0.820. The van der Waals surface area contributed by atoms with Crippen molar-refractivity contribution in [2.24, 2.45) is 0 Å². The molecule has 98 valence electrons. The molecule has 7 nitrogen and oxygen atoms in total. The van der Waals surface area contributed by atoms with Crippen molar-refractivity contribution < 1.29 is 9.59 Å². The summed E-state index contributed by atoms with van der Waals surface area (Å²) in [7, 11) is 0. The van der Waals surface area contributed by atoms with Gasteiger partial charge in [0.05, 0.1) is 5.75 Å². The molecule has 3 rings (SSSR count). The third-order valence-corrected chi connectivity index (χ3v) is 3.69. The lowest BCUT2D eigenvalue weighted by Crippen LogP contribution is -2.35. The van der Waals surface area contributed by atoms with Crippen molar-refractivity contribution in [3.63, 3.8) is 0 Å². The Kier molecular flexibility index (Phi) is 3.08. The van der Waals surface area contributed by atoms with Crippen molar-refractivity contribution in [3.8, 4) is 0 Å². The lowest BCUT2D eigenvalue weighted by Gasteiger charge is -2.10. The van der Waals surface area contributed by atoms with Gasteiger partial charge in [0.25, 0.3) is 0 Å². The van der Waals surface area contributed by atoms with E-state index >= 15 is 0 Å². The first-order valence-electron chi connectivity index (χ1n) is 5.76. The lowest BCUT2D eigenvalue weighted by atomic mass is 10.5. The fraction of sp³-hybridized carbons (Fsp3) is 0.273. The van der Waals surface area contributed by atoms with Crippen molar-refractivity contribution in [2.75, 3.05) is 18.8 Å². The number of hydrogen-bond donors (Lipinski definition) is 1. The van der Waals surface area contributed by atoms with Gasteiger partial charge >= 0.3 is 6.03 Å². The van der Waals surface area contributed by atoms with Gasteiger partial charge in [0.15, 0.2) is 10.8 Å². The molecular weight excluding hydrogens is 266 g/mol. The van der Waals surface area contributed by atoms with Gasteiger partial charge in [0.1, 0.15) is 0 Å². The molecule has 1 fully saturated rings. The van der Waals surface area contributed by atoms with E-state index in [1.165, 1.54) is 16.7 Å². The summed E-state index contributed by atoms with van der Waals surface area (Å²) in [6.07, 6.45) is 1.84. The fourth-order valence-corrected chi connectivity index (χ4v) is 2.63. The minimum Gasteiger partial charge on any atom is -0.336 e. The number of pyridine rings is 1. The normalized spacial score (nSPS) is 14.9. The van der Waals surface area contributed by atoms with E-state index in [2.05, 4.69) is 15.5 Å². The maximum Gasteiger partial charge on any atom is 0.324 e. The van der Waals surface area contributed by atoms with Crippen LogP contribution in [0.5, 0.6) is 0 Å². The Morgan fingerprint density at radius 3 is 3.11 bits per heavy atom. The van der Waals surface area contributed by atoms with E-state index in [9.17, 15) is 9.59 Å². The number of urea groups is 1. The summed E-state index contributed by atoms with van der Waals surface area (Å²) >= 11 is 1.27. The molecule has 1 N–H and O–H groups in total. The van der Waals surface area contributed by atoms with Gasteiger partial charge < -0.3 is 5.32 Å². The molecule has 2 aromatic heterocycles. The highest BCUT2D eigenvalue weighted by molar-refractivity contribution is 7.99. The molecule has 1 aliphatic rings. The van der Waals surface area contributed by atoms with Crippen molar-refractivity contribution >= 4 is 29.3 Å². The SMILES string of the molecule is O=C(CSc1nnc2ccccn12)N1CCNC1=O. The predicted molar refractivity (Wildman–Crippen MR) is 68.8 cm³/mol. The first kappa shape index (κ1) is 12.0. The zero-order valence-electron chi connectivity index (χ0n) is 9.94. The summed E-state index contributed by atoms with van der Waals surface area (Å²) in [5.41, 5.74) is 0.733. The standard InChI is InChI=1S/C11H11N5O2S/c17-9(16-6-4-12-10(16)18)7-19-11-14-13-8-3-1-2-5-15(8)11/h1-3,5H,4,6-7H2,(H,12,18). The van der Waals surface area contributed by atoms with E-state index in [4.69, 9.17) is 0 Å². The molecule has 0 saturated carbocycles. The summed E-state index contributed by atoms with van der Waals surface area (Å²) in [6.45, 7) is 0.946. The average Bonchev–Trinajstić information content (AvgIpc) is 3.02. The molecule has 3 heterocycles. The first-order valence-corrected chi connectivity index (χ1v) is 6.75. The monoisotopic (exact) mass is 277 g/mol. The summed E-state index contributed by atoms with van der Waals surface area (Å²) in [5, 5.41) is 11.3. The van der Waals surface area contributed by atoms with Crippen LogP contribution in [0.1, 0.15) is 0 Å². The number of carbonyl (C=O) groups excluding carboxylic acids is 2. The van der Waals surface area contributed by atoms with Crippen LogP contribution in [0.3, 0.4) is 0 Å². The van der Waals surface area contributed by atoms with Crippen LogP contribution in [0.2, 0.25) is 0 Å². The Balaban J connectivity index is 1.69. The highest BCUT2D eigenvalue weighted by Crippen LogP contribution is 2.17. The van der Waals surface area contributed by atoms with Crippen LogP contribution < -0.4 is 5.32 Å². The third kappa shape index (κ3) is 2.26. The smallest absolute Gasteiger partial charge is 0.324 e. The predicted octanol–water partition coefficient (Wildman–Crippen LogP) is 0.373. The molecule has 2 aromatic rings. The van der Waals surface area contributed by atoms with E-state index in [1.54, 1.807) is 0 Å². The number of fused-ring (bicyclic) bond motifs is 1. The highest BCUT2D eigenvalue weighted by atomic mass is 32.2. The summed E-state index contributed by atoms with van der Waals surface area (Å²) in [6, 6.07) is 5.26. The Morgan fingerprint density at radius 2 is 2.32 bits per heavy atom. The molecule has 0 spiro atoms. The molecule has 0 radical (unpaired) electrons. The van der Waals surface area contributed by atoms with Crippen LogP contribution in [-0.4, -0.2) is 50.3 Å². The average molecular weight is 277 g/mol. The van der Waals surface area contributed by atoms with E-state index in [0.717, 1.165) is 5.65 Å². The summed E-state index contributed by atoms with van der Waals surface area (Å²) in [4.78, 5) is 24.4. The molecule has 3 amide bonds. The van der Waals surface area contributed by atoms with Gasteiger partial charge in [-0.1, -0.05) is 17.8 Å². The molecule has 0 atom stereocenters. The van der Waals surface area contributed by atoms with E-state index < -0.39 is 0 Å². The molecular formula is C11H11N5O2S. The van der Waals surface area contributed by atoms with Gasteiger partial charge in [-0.15, -0.1) is 10.2 Å². The number of nitrogens with zero attached hydrogens (tertiary/aromatic N) is 4. The highest BCUT2D eigenvalue weighted by Gasteiger charge is 2.26. The Hall–Kier alpha value is -2.09. The number of aromatic nitrogens is 3. The second-order valence-electron chi connectivity index (χ2n) is 3.98. The fourth-order valence-electron chi connectivity index (χ4n) is 1.83. The van der Waals surface area contributed by atoms with Crippen molar-refractivity contribution in [2.45, 2.75) is 5.16 Å². The zero-order valence-corrected chi connectivity index (χ0v) is 10.8. The van der Waals surface area contributed by atoms with E-state index in [0.29, 0.717) is 18.2 Å². The van der Waals surface area contributed by atoms with Crippen molar-refractivity contribution in [3.05, 3.63) is 24.4 Å². The zero-order chi connectivity index (χ0) is 13.2. The van der Waals surface area contributed by atoms with E-state index in [-0.39, 0.29) is 17.7 Å². The second kappa shape index (κ2) is 4.88. The summed E-state index contributed by atoms with van der Waals surface area (Å²) < 4.78 is 1.81. The molecule has 8 heteroatoms. The minimum absolute atomic E-state index is 0.170. The van der Waals surface area contributed by atoms with E-state index in [1.807, 2.05) is 28.8 Å². The van der Waals surface area contributed by atoms with Gasteiger partial charge in [-0.05, 0) is 12.1 Å². The Morgan fingerprint density at radius 1 is 1.42 bits per heavy atom. The Labute approximate surface area is 113 Å². The number of carbonyl (C=O) groups is 2. The van der Waals surface area contributed by atoms with Crippen LogP contribution in [0, 0.1) is 0 Å². The number of thioether (sulfide) groups is 1. The lowest BCUT2D eigenvalue weighted by molar-refractivity contribution is -0.124. The maximum absolute atomic E-state index is 11.9. The topological polar surface area (TPSA) is 79.6 Å². The largest absolute Gasteiger partial charge is 0.336 e.